The predicted molar refractivity (Wildman–Crippen MR) is 112 cm³/mol. The van der Waals surface area contributed by atoms with Gasteiger partial charge in [0.2, 0.25) is 0 Å². The van der Waals surface area contributed by atoms with Gasteiger partial charge in [-0.3, -0.25) is 4.79 Å². The summed E-state index contributed by atoms with van der Waals surface area (Å²) in [5.74, 6) is -0.367. The monoisotopic (exact) mass is 416 g/mol. The number of hydrogen-bond acceptors (Lipinski definition) is 2. The standard InChI is InChI=1S/C25H27F3O2/c1-5-7-8-18-10-9-16(3)21(15-18)24(23(29)30-6-2)17(4)22(24)19-11-13-20(14-12-19)25(26,27)28/h9-15H,5-8H2,1-4H3. The van der Waals surface area contributed by atoms with Crippen molar-refractivity contribution in [2.24, 2.45) is 0 Å². The molecule has 2 aromatic carbocycles. The third-order valence-electron chi connectivity index (χ3n) is 5.86. The summed E-state index contributed by atoms with van der Waals surface area (Å²) in [6, 6.07) is 11.2. The molecule has 0 N–H and O–H groups in total. The zero-order chi connectivity index (χ0) is 22.1. The van der Waals surface area contributed by atoms with E-state index in [1.54, 1.807) is 6.92 Å². The number of aryl methyl sites for hydroxylation is 2. The number of carbonyl (C=O) groups is 1. The van der Waals surface area contributed by atoms with Gasteiger partial charge in [0.25, 0.3) is 0 Å². The molecule has 0 bridgehead atoms. The Morgan fingerprint density at radius 3 is 2.27 bits per heavy atom. The SMILES string of the molecule is CCCCc1ccc(C)c(C2(C(=O)OCC)C(C)=C2c2ccc(C(F)(F)F)cc2)c1. The van der Waals surface area contributed by atoms with Crippen LogP contribution in [0, 0.1) is 6.92 Å². The lowest BCUT2D eigenvalue weighted by Gasteiger charge is -2.22. The second kappa shape index (κ2) is 8.29. The van der Waals surface area contributed by atoms with E-state index in [2.05, 4.69) is 19.1 Å². The molecular weight excluding hydrogens is 389 g/mol. The van der Waals surface area contributed by atoms with E-state index >= 15 is 0 Å². The maximum absolute atomic E-state index is 13.2. The van der Waals surface area contributed by atoms with Crippen LogP contribution < -0.4 is 0 Å². The summed E-state index contributed by atoms with van der Waals surface area (Å²) < 4.78 is 44.4. The van der Waals surface area contributed by atoms with E-state index < -0.39 is 17.2 Å². The van der Waals surface area contributed by atoms with Gasteiger partial charge in [0.15, 0.2) is 0 Å². The Bertz CT molecular complexity index is 971. The van der Waals surface area contributed by atoms with Crippen molar-refractivity contribution in [3.05, 3.63) is 75.9 Å². The summed E-state index contributed by atoms with van der Waals surface area (Å²) in [7, 11) is 0. The Labute approximate surface area is 175 Å². The fourth-order valence-electron chi connectivity index (χ4n) is 4.22. The number of carbonyl (C=O) groups excluding carboxylic acids is 1. The lowest BCUT2D eigenvalue weighted by molar-refractivity contribution is -0.145. The van der Waals surface area contributed by atoms with E-state index in [-0.39, 0.29) is 12.6 Å². The van der Waals surface area contributed by atoms with E-state index in [1.807, 2.05) is 19.9 Å². The van der Waals surface area contributed by atoms with Gasteiger partial charge in [0.05, 0.1) is 12.2 Å². The third kappa shape index (κ3) is 3.78. The van der Waals surface area contributed by atoms with Crippen molar-refractivity contribution in [3.8, 4) is 0 Å². The fourth-order valence-corrected chi connectivity index (χ4v) is 4.22. The van der Waals surface area contributed by atoms with Gasteiger partial charge >= 0.3 is 12.1 Å². The first kappa shape index (κ1) is 22.1. The number of unbranched alkanes of at least 4 members (excludes halogenated alkanes) is 1. The molecular formula is C25H27F3O2. The number of alkyl halides is 3. The summed E-state index contributed by atoms with van der Waals surface area (Å²) in [5, 5.41) is 0. The number of esters is 1. The van der Waals surface area contributed by atoms with Gasteiger partial charge in [-0.15, -0.1) is 0 Å². The maximum atomic E-state index is 13.2. The fraction of sp³-hybridized carbons (Fsp3) is 0.400. The van der Waals surface area contributed by atoms with Crippen LogP contribution in [-0.2, 0) is 27.5 Å². The van der Waals surface area contributed by atoms with Gasteiger partial charge in [-0.1, -0.05) is 43.7 Å². The Hall–Kier alpha value is -2.56. The molecule has 0 radical (unpaired) electrons. The van der Waals surface area contributed by atoms with Crippen molar-refractivity contribution < 1.29 is 22.7 Å². The van der Waals surface area contributed by atoms with Crippen LogP contribution in [0.2, 0.25) is 0 Å². The first-order chi connectivity index (χ1) is 14.2. The molecule has 0 heterocycles. The molecule has 1 aliphatic rings. The number of ether oxygens (including phenoxy) is 1. The lowest BCUT2D eigenvalue weighted by Crippen LogP contribution is -2.29. The average Bonchev–Trinajstić information content (AvgIpc) is 3.33. The van der Waals surface area contributed by atoms with Crippen molar-refractivity contribution in [3.63, 3.8) is 0 Å². The molecule has 1 unspecified atom stereocenters. The van der Waals surface area contributed by atoms with Gasteiger partial charge < -0.3 is 4.74 Å². The van der Waals surface area contributed by atoms with E-state index in [4.69, 9.17) is 4.74 Å². The predicted octanol–water partition coefficient (Wildman–Crippen LogP) is 6.64. The number of hydrogen-bond donors (Lipinski definition) is 0. The minimum Gasteiger partial charge on any atom is -0.465 e. The van der Waals surface area contributed by atoms with Crippen LogP contribution >= 0.6 is 0 Å². The molecule has 1 aliphatic carbocycles. The summed E-state index contributed by atoms with van der Waals surface area (Å²) >= 11 is 0. The average molecular weight is 416 g/mol. The second-order valence-electron chi connectivity index (χ2n) is 7.80. The highest BCUT2D eigenvalue weighted by molar-refractivity contribution is 6.15. The molecule has 0 saturated carbocycles. The summed E-state index contributed by atoms with van der Waals surface area (Å²) in [6.45, 7) is 7.94. The van der Waals surface area contributed by atoms with E-state index in [9.17, 15) is 18.0 Å². The van der Waals surface area contributed by atoms with E-state index in [0.29, 0.717) is 5.56 Å². The minimum absolute atomic E-state index is 0.239. The van der Waals surface area contributed by atoms with Crippen molar-refractivity contribution in [1.29, 1.82) is 0 Å². The lowest BCUT2D eigenvalue weighted by atomic mass is 9.82. The van der Waals surface area contributed by atoms with Crippen LogP contribution in [-0.4, -0.2) is 12.6 Å². The molecule has 0 aromatic heterocycles. The third-order valence-corrected chi connectivity index (χ3v) is 5.86. The zero-order valence-electron chi connectivity index (χ0n) is 17.8. The molecule has 30 heavy (non-hydrogen) atoms. The van der Waals surface area contributed by atoms with Gasteiger partial charge in [-0.2, -0.15) is 13.2 Å². The first-order valence-corrected chi connectivity index (χ1v) is 10.3. The van der Waals surface area contributed by atoms with E-state index in [0.717, 1.165) is 59.2 Å². The molecule has 1 atom stereocenters. The van der Waals surface area contributed by atoms with Gasteiger partial charge in [0.1, 0.15) is 5.41 Å². The molecule has 0 spiro atoms. The largest absolute Gasteiger partial charge is 0.465 e. The molecule has 0 amide bonds. The number of benzene rings is 2. The highest BCUT2D eigenvalue weighted by Crippen LogP contribution is 2.61. The van der Waals surface area contributed by atoms with Crippen molar-refractivity contribution in [2.45, 2.75) is 58.5 Å². The molecule has 160 valence electrons. The maximum Gasteiger partial charge on any atom is 0.416 e. The Morgan fingerprint density at radius 1 is 1.03 bits per heavy atom. The van der Waals surface area contributed by atoms with Crippen LogP contribution in [0.15, 0.2) is 48.0 Å². The Morgan fingerprint density at radius 2 is 1.70 bits per heavy atom. The van der Waals surface area contributed by atoms with E-state index in [1.165, 1.54) is 12.1 Å². The molecule has 0 fully saturated rings. The minimum atomic E-state index is -4.39. The highest BCUT2D eigenvalue weighted by Gasteiger charge is 2.60. The molecule has 0 aliphatic heterocycles. The first-order valence-electron chi connectivity index (χ1n) is 10.3. The summed E-state index contributed by atoms with van der Waals surface area (Å²) in [4.78, 5) is 13.2. The molecule has 2 aromatic rings. The number of halogens is 3. The highest BCUT2D eigenvalue weighted by atomic mass is 19.4. The van der Waals surface area contributed by atoms with Crippen LogP contribution in [0.1, 0.15) is 61.4 Å². The second-order valence-corrected chi connectivity index (χ2v) is 7.80. The molecule has 3 rings (SSSR count). The zero-order valence-corrected chi connectivity index (χ0v) is 17.8. The van der Waals surface area contributed by atoms with Crippen LogP contribution in [0.25, 0.3) is 5.57 Å². The topological polar surface area (TPSA) is 26.3 Å². The molecule has 2 nitrogen and oxygen atoms in total. The molecule has 0 saturated heterocycles. The van der Waals surface area contributed by atoms with Gasteiger partial charge in [0, 0.05) is 0 Å². The van der Waals surface area contributed by atoms with Crippen LogP contribution in [0.4, 0.5) is 13.2 Å². The van der Waals surface area contributed by atoms with Crippen molar-refractivity contribution >= 4 is 11.5 Å². The van der Waals surface area contributed by atoms with Crippen LogP contribution in [0.5, 0.6) is 0 Å². The van der Waals surface area contributed by atoms with Gasteiger partial charge in [-0.25, -0.2) is 0 Å². The normalized spacial score (nSPS) is 18.5. The Kier molecular flexibility index (Phi) is 6.11. The smallest absolute Gasteiger partial charge is 0.416 e. The van der Waals surface area contributed by atoms with Crippen molar-refractivity contribution in [2.75, 3.05) is 6.61 Å². The number of rotatable bonds is 7. The molecule has 5 heteroatoms. The van der Waals surface area contributed by atoms with Gasteiger partial charge in [-0.05, 0) is 79.1 Å². The quantitative estimate of drug-likeness (QED) is 0.473. The summed E-state index contributed by atoms with van der Waals surface area (Å²) in [5.41, 5.74) is 3.43. The van der Waals surface area contributed by atoms with Crippen LogP contribution in [0.3, 0.4) is 0 Å². The Balaban J connectivity index is 2.07. The van der Waals surface area contributed by atoms with Crippen molar-refractivity contribution in [1.82, 2.24) is 0 Å². The summed E-state index contributed by atoms with van der Waals surface area (Å²) in [6.07, 6.45) is -1.36.